The van der Waals surface area contributed by atoms with E-state index in [2.05, 4.69) is 16.0 Å². The van der Waals surface area contributed by atoms with Crippen LogP contribution in [0.4, 0.5) is 10.1 Å². The van der Waals surface area contributed by atoms with Crippen LogP contribution in [0.2, 0.25) is 0 Å². The van der Waals surface area contributed by atoms with Crippen LogP contribution in [0.5, 0.6) is 0 Å². The molecule has 0 radical (unpaired) electrons. The fourth-order valence-electron chi connectivity index (χ4n) is 1.27. The lowest BCUT2D eigenvalue weighted by molar-refractivity contribution is -0.136. The Labute approximate surface area is 109 Å². The van der Waals surface area contributed by atoms with Crippen molar-refractivity contribution in [2.45, 2.75) is 6.42 Å². The number of rotatable bonds is 6. The maximum atomic E-state index is 13.2. The summed E-state index contributed by atoms with van der Waals surface area (Å²) in [6.07, 6.45) is 1.05. The molecule has 6 nitrogen and oxygen atoms in total. The van der Waals surface area contributed by atoms with Gasteiger partial charge in [0.25, 0.3) is 0 Å². The first-order valence-corrected chi connectivity index (χ1v) is 5.66. The number of halogens is 1. The first kappa shape index (κ1) is 14.6. The van der Waals surface area contributed by atoms with Crippen molar-refractivity contribution in [2.75, 3.05) is 18.4 Å². The quantitative estimate of drug-likeness (QED) is 0.385. The van der Waals surface area contributed by atoms with Crippen LogP contribution in [0.3, 0.4) is 0 Å². The lowest BCUT2D eigenvalue weighted by Gasteiger charge is -2.06. The van der Waals surface area contributed by atoms with Crippen LogP contribution in [0, 0.1) is 5.82 Å². The topological polar surface area (TPSA) is 87.3 Å². The first-order chi connectivity index (χ1) is 9.15. The Morgan fingerprint density at radius 2 is 1.89 bits per heavy atom. The fourth-order valence-corrected chi connectivity index (χ4v) is 1.27. The monoisotopic (exact) mass is 267 g/mol. The Balaban J connectivity index is 2.35. The highest BCUT2D eigenvalue weighted by Gasteiger charge is 2.14. The zero-order valence-corrected chi connectivity index (χ0v) is 10.1. The Bertz CT molecular complexity index is 465. The van der Waals surface area contributed by atoms with Gasteiger partial charge in [0, 0.05) is 13.1 Å². The molecule has 19 heavy (non-hydrogen) atoms. The second kappa shape index (κ2) is 7.80. The summed E-state index contributed by atoms with van der Waals surface area (Å²) in [4.78, 5) is 32.7. The van der Waals surface area contributed by atoms with Gasteiger partial charge in [-0.05, 0) is 18.6 Å². The van der Waals surface area contributed by atoms with Crippen molar-refractivity contribution in [3.05, 3.63) is 30.1 Å². The van der Waals surface area contributed by atoms with E-state index in [1.807, 2.05) is 0 Å². The van der Waals surface area contributed by atoms with Crippen molar-refractivity contribution in [1.29, 1.82) is 0 Å². The SMILES string of the molecule is O=CNCCCNC(=O)C(=O)Nc1ccccc1F. The van der Waals surface area contributed by atoms with Gasteiger partial charge < -0.3 is 16.0 Å². The third-order valence-electron chi connectivity index (χ3n) is 2.20. The number of benzene rings is 1. The molecule has 7 heteroatoms. The molecule has 0 saturated heterocycles. The van der Waals surface area contributed by atoms with Gasteiger partial charge in [-0.1, -0.05) is 12.1 Å². The average Bonchev–Trinajstić information content (AvgIpc) is 2.41. The predicted molar refractivity (Wildman–Crippen MR) is 66.7 cm³/mol. The Morgan fingerprint density at radius 3 is 2.58 bits per heavy atom. The zero-order chi connectivity index (χ0) is 14.1. The third-order valence-corrected chi connectivity index (χ3v) is 2.20. The van der Waals surface area contributed by atoms with Gasteiger partial charge >= 0.3 is 11.8 Å². The molecule has 0 aliphatic rings. The molecule has 0 unspecified atom stereocenters. The van der Waals surface area contributed by atoms with Crippen molar-refractivity contribution >= 4 is 23.9 Å². The van der Waals surface area contributed by atoms with Gasteiger partial charge in [0.1, 0.15) is 5.82 Å². The average molecular weight is 267 g/mol. The van der Waals surface area contributed by atoms with E-state index in [0.717, 1.165) is 0 Å². The van der Waals surface area contributed by atoms with Crippen molar-refractivity contribution in [3.8, 4) is 0 Å². The number of para-hydroxylation sites is 1. The van der Waals surface area contributed by atoms with Gasteiger partial charge in [0.2, 0.25) is 6.41 Å². The van der Waals surface area contributed by atoms with Crippen LogP contribution < -0.4 is 16.0 Å². The van der Waals surface area contributed by atoms with E-state index in [0.29, 0.717) is 19.4 Å². The lowest BCUT2D eigenvalue weighted by atomic mass is 10.3. The van der Waals surface area contributed by atoms with Crippen LogP contribution >= 0.6 is 0 Å². The van der Waals surface area contributed by atoms with Gasteiger partial charge in [-0.3, -0.25) is 14.4 Å². The molecule has 0 aliphatic heterocycles. The summed E-state index contributed by atoms with van der Waals surface area (Å²) in [5.74, 6) is -2.40. The summed E-state index contributed by atoms with van der Waals surface area (Å²) in [6.45, 7) is 0.642. The summed E-state index contributed by atoms with van der Waals surface area (Å²) < 4.78 is 13.2. The second-order valence-electron chi connectivity index (χ2n) is 3.62. The van der Waals surface area contributed by atoms with Gasteiger partial charge in [0.15, 0.2) is 0 Å². The van der Waals surface area contributed by atoms with E-state index >= 15 is 0 Å². The summed E-state index contributed by atoms with van der Waals surface area (Å²) in [5.41, 5.74) is -0.0507. The third kappa shape index (κ3) is 5.15. The molecule has 1 aromatic carbocycles. The normalized spacial score (nSPS) is 9.53. The molecule has 0 fully saturated rings. The Morgan fingerprint density at radius 1 is 1.16 bits per heavy atom. The van der Waals surface area contributed by atoms with E-state index in [9.17, 15) is 18.8 Å². The largest absolute Gasteiger partial charge is 0.359 e. The lowest BCUT2D eigenvalue weighted by Crippen LogP contribution is -2.36. The number of amides is 3. The van der Waals surface area contributed by atoms with Crippen LogP contribution in [-0.4, -0.2) is 31.3 Å². The molecule has 0 aliphatic carbocycles. The summed E-state index contributed by atoms with van der Waals surface area (Å²) in [6, 6.07) is 5.56. The summed E-state index contributed by atoms with van der Waals surface area (Å²) in [5, 5.41) is 6.93. The summed E-state index contributed by atoms with van der Waals surface area (Å²) >= 11 is 0. The molecule has 0 atom stereocenters. The number of hydrogen-bond acceptors (Lipinski definition) is 3. The van der Waals surface area contributed by atoms with Crippen LogP contribution in [-0.2, 0) is 14.4 Å². The highest BCUT2D eigenvalue weighted by atomic mass is 19.1. The van der Waals surface area contributed by atoms with Crippen LogP contribution in [0.25, 0.3) is 0 Å². The highest BCUT2D eigenvalue weighted by Crippen LogP contribution is 2.11. The number of nitrogens with one attached hydrogen (secondary N) is 3. The van der Waals surface area contributed by atoms with Crippen LogP contribution in [0.1, 0.15) is 6.42 Å². The zero-order valence-electron chi connectivity index (χ0n) is 10.1. The van der Waals surface area contributed by atoms with E-state index in [1.165, 1.54) is 18.2 Å². The molecule has 3 amide bonds. The molecule has 0 spiro atoms. The smallest absolute Gasteiger partial charge is 0.313 e. The minimum absolute atomic E-state index is 0.0507. The molecule has 1 rings (SSSR count). The number of carbonyl (C=O) groups is 3. The van der Waals surface area contributed by atoms with Gasteiger partial charge in [0.05, 0.1) is 5.69 Å². The minimum atomic E-state index is -0.937. The van der Waals surface area contributed by atoms with Crippen molar-refractivity contribution in [1.82, 2.24) is 10.6 Å². The number of anilines is 1. The van der Waals surface area contributed by atoms with E-state index in [-0.39, 0.29) is 12.2 Å². The molecular formula is C12H14FN3O3. The highest BCUT2D eigenvalue weighted by molar-refractivity contribution is 6.39. The predicted octanol–water partition coefficient (Wildman–Crippen LogP) is 0.0165. The molecule has 0 heterocycles. The van der Waals surface area contributed by atoms with Gasteiger partial charge in [-0.2, -0.15) is 0 Å². The van der Waals surface area contributed by atoms with Gasteiger partial charge in [-0.15, -0.1) is 0 Å². The standard InChI is InChI=1S/C12H14FN3O3/c13-9-4-1-2-5-10(9)16-12(19)11(18)15-7-3-6-14-8-17/h1-2,4-5,8H,3,6-7H2,(H,14,17)(H,15,18)(H,16,19). The Hall–Kier alpha value is -2.44. The molecule has 0 saturated carbocycles. The molecule has 102 valence electrons. The number of hydrogen-bond donors (Lipinski definition) is 3. The molecular weight excluding hydrogens is 253 g/mol. The maximum absolute atomic E-state index is 13.2. The molecule has 1 aromatic rings. The molecule has 0 aromatic heterocycles. The van der Waals surface area contributed by atoms with Crippen molar-refractivity contribution in [3.63, 3.8) is 0 Å². The summed E-state index contributed by atoms with van der Waals surface area (Å²) in [7, 11) is 0. The Kier molecular flexibility index (Phi) is 6.00. The molecule has 0 bridgehead atoms. The minimum Gasteiger partial charge on any atom is -0.359 e. The number of carbonyl (C=O) groups excluding carboxylic acids is 3. The van der Waals surface area contributed by atoms with Gasteiger partial charge in [-0.25, -0.2) is 4.39 Å². The second-order valence-corrected chi connectivity index (χ2v) is 3.62. The van der Waals surface area contributed by atoms with Crippen LogP contribution in [0.15, 0.2) is 24.3 Å². The van der Waals surface area contributed by atoms with E-state index < -0.39 is 17.6 Å². The van der Waals surface area contributed by atoms with Crippen molar-refractivity contribution < 1.29 is 18.8 Å². The first-order valence-electron chi connectivity index (χ1n) is 5.66. The van der Waals surface area contributed by atoms with E-state index in [4.69, 9.17) is 0 Å². The van der Waals surface area contributed by atoms with E-state index in [1.54, 1.807) is 6.07 Å². The maximum Gasteiger partial charge on any atom is 0.313 e. The molecule has 3 N–H and O–H groups in total. The fraction of sp³-hybridized carbons (Fsp3) is 0.250. The van der Waals surface area contributed by atoms with Crippen molar-refractivity contribution in [2.24, 2.45) is 0 Å².